The molecule has 1 N–H and O–H groups in total. The van der Waals surface area contributed by atoms with Gasteiger partial charge in [0.05, 0.1) is 0 Å². The highest BCUT2D eigenvalue weighted by Crippen LogP contribution is 2.25. The van der Waals surface area contributed by atoms with Gasteiger partial charge in [0.1, 0.15) is 5.82 Å². The molecule has 0 radical (unpaired) electrons. The molecule has 1 aromatic heterocycles. The van der Waals surface area contributed by atoms with Crippen molar-refractivity contribution in [1.29, 1.82) is 0 Å². The molecule has 0 amide bonds. The smallest absolute Gasteiger partial charge is 0.126 e. The largest absolute Gasteiger partial charge is 0.360 e. The lowest BCUT2D eigenvalue weighted by molar-refractivity contribution is 0.621. The molecule has 0 saturated heterocycles. The van der Waals surface area contributed by atoms with E-state index in [4.69, 9.17) is 0 Å². The van der Waals surface area contributed by atoms with Crippen LogP contribution in [0.1, 0.15) is 5.56 Å². The fraction of sp³-hybridized carbons (Fsp3) is 0.111. The van der Waals surface area contributed by atoms with Crippen LogP contribution in [0.15, 0.2) is 18.3 Å². The fourth-order valence-electron chi connectivity index (χ4n) is 1.33. The van der Waals surface area contributed by atoms with E-state index >= 15 is 0 Å². The Balaban J connectivity index is 2.96. The lowest BCUT2D eigenvalue weighted by atomic mass is 10.1. The lowest BCUT2D eigenvalue weighted by Crippen LogP contribution is -1.82. The summed E-state index contributed by atoms with van der Waals surface area (Å²) in [7, 11) is 0. The van der Waals surface area contributed by atoms with Gasteiger partial charge in [-0.05, 0) is 47.2 Å². The van der Waals surface area contributed by atoms with Gasteiger partial charge in [0.25, 0.3) is 0 Å². The zero-order valence-corrected chi connectivity index (χ0v) is 8.65. The normalized spacial score (nSPS) is 10.9. The molecule has 3 heteroatoms. The molecule has 0 aliphatic rings. The van der Waals surface area contributed by atoms with Crippen molar-refractivity contribution in [1.82, 2.24) is 4.98 Å². The Kier molecular flexibility index (Phi) is 1.83. The molecule has 0 bridgehead atoms. The number of hydrogen-bond acceptors (Lipinski definition) is 0. The number of benzene rings is 1. The first-order valence-corrected chi connectivity index (χ1v) is 4.69. The predicted molar refractivity (Wildman–Crippen MR) is 55.7 cm³/mol. The van der Waals surface area contributed by atoms with E-state index in [1.165, 1.54) is 6.07 Å². The van der Waals surface area contributed by atoms with E-state index < -0.39 is 0 Å². The first-order chi connectivity index (χ1) is 5.70. The number of aromatic amines is 1. The van der Waals surface area contributed by atoms with E-state index in [1.54, 1.807) is 13.0 Å². The maximum atomic E-state index is 13.1. The van der Waals surface area contributed by atoms with E-state index in [0.717, 1.165) is 20.0 Å². The summed E-state index contributed by atoms with van der Waals surface area (Å²) in [6.45, 7) is 1.80. The van der Waals surface area contributed by atoms with Crippen LogP contribution < -0.4 is 0 Å². The molecule has 2 aromatic rings. The topological polar surface area (TPSA) is 15.8 Å². The summed E-state index contributed by atoms with van der Waals surface area (Å²) in [4.78, 5) is 3.08. The maximum absolute atomic E-state index is 13.1. The van der Waals surface area contributed by atoms with Crippen molar-refractivity contribution in [2.45, 2.75) is 6.92 Å². The summed E-state index contributed by atoms with van der Waals surface area (Å²) >= 11 is 2.20. The Morgan fingerprint density at radius 2 is 2.17 bits per heavy atom. The van der Waals surface area contributed by atoms with Crippen LogP contribution in [0.5, 0.6) is 0 Å². The van der Waals surface area contributed by atoms with Crippen LogP contribution in [-0.2, 0) is 0 Å². The molecule has 1 aromatic carbocycles. The lowest BCUT2D eigenvalue weighted by Gasteiger charge is -1.97. The second-order valence-electron chi connectivity index (χ2n) is 2.73. The minimum absolute atomic E-state index is 0.139. The summed E-state index contributed by atoms with van der Waals surface area (Å²) in [5, 5.41) is 0.996. The van der Waals surface area contributed by atoms with Crippen molar-refractivity contribution < 1.29 is 4.39 Å². The number of aryl methyl sites for hydroxylation is 1. The summed E-state index contributed by atoms with van der Waals surface area (Å²) < 4.78 is 14.2. The van der Waals surface area contributed by atoms with Gasteiger partial charge in [-0.3, -0.25) is 0 Å². The molecule has 0 unspecified atom stereocenters. The standard InChI is InChI=1S/C9H7FIN/c1-5-6(10)2-3-8-9(5)7(11)4-12-8/h2-4,12H,1H3. The SMILES string of the molecule is Cc1c(F)ccc2[nH]cc(I)c12. The van der Waals surface area contributed by atoms with E-state index in [2.05, 4.69) is 27.6 Å². The first kappa shape index (κ1) is 8.04. The van der Waals surface area contributed by atoms with Gasteiger partial charge in [0.15, 0.2) is 0 Å². The third-order valence-electron chi connectivity index (χ3n) is 1.99. The van der Waals surface area contributed by atoms with Crippen LogP contribution in [0.2, 0.25) is 0 Å². The quantitative estimate of drug-likeness (QED) is 0.710. The highest BCUT2D eigenvalue weighted by molar-refractivity contribution is 14.1. The Bertz CT molecular complexity index is 433. The van der Waals surface area contributed by atoms with Crippen molar-refractivity contribution in [3.05, 3.63) is 33.3 Å². The minimum atomic E-state index is -0.139. The molecule has 1 nitrogen and oxygen atoms in total. The van der Waals surface area contributed by atoms with Crippen molar-refractivity contribution in [3.8, 4) is 0 Å². The average molecular weight is 275 g/mol. The fourth-order valence-corrected chi connectivity index (χ4v) is 2.18. The van der Waals surface area contributed by atoms with Gasteiger partial charge in [0, 0.05) is 20.7 Å². The van der Waals surface area contributed by atoms with Crippen LogP contribution >= 0.6 is 22.6 Å². The van der Waals surface area contributed by atoms with Crippen LogP contribution in [-0.4, -0.2) is 4.98 Å². The summed E-state index contributed by atoms with van der Waals surface area (Å²) in [6.07, 6.45) is 1.89. The summed E-state index contributed by atoms with van der Waals surface area (Å²) in [5.74, 6) is -0.139. The molecule has 1 heterocycles. The summed E-state index contributed by atoms with van der Waals surface area (Å²) in [5.41, 5.74) is 1.72. The van der Waals surface area contributed by atoms with Crippen LogP contribution in [0.3, 0.4) is 0 Å². The van der Waals surface area contributed by atoms with E-state index in [1.807, 2.05) is 6.20 Å². The molecule has 2 rings (SSSR count). The van der Waals surface area contributed by atoms with Crippen LogP contribution in [0.25, 0.3) is 10.9 Å². The first-order valence-electron chi connectivity index (χ1n) is 3.62. The van der Waals surface area contributed by atoms with Gasteiger partial charge >= 0.3 is 0 Å². The van der Waals surface area contributed by atoms with Gasteiger partial charge < -0.3 is 4.98 Å². The second-order valence-corrected chi connectivity index (χ2v) is 3.89. The highest BCUT2D eigenvalue weighted by atomic mass is 127. The number of fused-ring (bicyclic) bond motifs is 1. The van der Waals surface area contributed by atoms with Gasteiger partial charge in [-0.15, -0.1) is 0 Å². The highest BCUT2D eigenvalue weighted by Gasteiger charge is 2.06. The number of hydrogen-bond donors (Lipinski definition) is 1. The van der Waals surface area contributed by atoms with Gasteiger partial charge in [-0.25, -0.2) is 4.39 Å². The van der Waals surface area contributed by atoms with Gasteiger partial charge in [-0.2, -0.15) is 0 Å². The van der Waals surface area contributed by atoms with E-state index in [-0.39, 0.29) is 5.82 Å². The Hall–Kier alpha value is -0.580. The molecule has 0 aliphatic heterocycles. The third-order valence-corrected chi connectivity index (χ3v) is 2.84. The Morgan fingerprint density at radius 3 is 2.92 bits per heavy atom. The Morgan fingerprint density at radius 1 is 1.42 bits per heavy atom. The number of nitrogens with one attached hydrogen (secondary N) is 1. The predicted octanol–water partition coefficient (Wildman–Crippen LogP) is 3.22. The van der Waals surface area contributed by atoms with E-state index in [0.29, 0.717) is 0 Å². The number of aromatic nitrogens is 1. The molecule has 0 saturated carbocycles. The number of halogens is 2. The van der Waals surface area contributed by atoms with Gasteiger partial charge in [0.2, 0.25) is 0 Å². The minimum Gasteiger partial charge on any atom is -0.360 e. The Labute approximate surface area is 83.1 Å². The van der Waals surface area contributed by atoms with Crippen molar-refractivity contribution in [2.75, 3.05) is 0 Å². The molecule has 0 aliphatic carbocycles. The third kappa shape index (κ3) is 1.03. The maximum Gasteiger partial charge on any atom is 0.126 e. The molecule has 0 fully saturated rings. The van der Waals surface area contributed by atoms with Crippen molar-refractivity contribution >= 4 is 33.5 Å². The average Bonchev–Trinajstić information content (AvgIpc) is 2.41. The second kappa shape index (κ2) is 2.73. The molecule has 0 atom stereocenters. The molecular formula is C9H7FIN. The van der Waals surface area contributed by atoms with Crippen molar-refractivity contribution in [2.24, 2.45) is 0 Å². The van der Waals surface area contributed by atoms with Crippen LogP contribution in [0.4, 0.5) is 4.39 Å². The molecule has 0 spiro atoms. The monoisotopic (exact) mass is 275 g/mol. The zero-order chi connectivity index (χ0) is 8.72. The van der Waals surface area contributed by atoms with E-state index in [9.17, 15) is 4.39 Å². The molecule has 12 heavy (non-hydrogen) atoms. The summed E-state index contributed by atoms with van der Waals surface area (Å²) in [6, 6.07) is 3.25. The molecule has 62 valence electrons. The van der Waals surface area contributed by atoms with Crippen molar-refractivity contribution in [3.63, 3.8) is 0 Å². The van der Waals surface area contributed by atoms with Crippen LogP contribution in [0, 0.1) is 16.3 Å². The molecular weight excluding hydrogens is 268 g/mol. The zero-order valence-electron chi connectivity index (χ0n) is 6.49. The van der Waals surface area contributed by atoms with Gasteiger partial charge in [-0.1, -0.05) is 0 Å². The number of H-pyrrole nitrogens is 1. The number of rotatable bonds is 0.